The molecule has 1 aromatic heterocycles. The number of nitrogens with one attached hydrogen (secondary N) is 2. The van der Waals surface area contributed by atoms with Gasteiger partial charge in [-0.2, -0.15) is 17.4 Å². The van der Waals surface area contributed by atoms with Gasteiger partial charge in [0.1, 0.15) is 17.3 Å². The van der Waals surface area contributed by atoms with Crippen molar-refractivity contribution in [3.63, 3.8) is 0 Å². The van der Waals surface area contributed by atoms with E-state index in [1.165, 1.54) is 9.79 Å². The molecule has 11 heteroatoms. The minimum atomic E-state index is -3.87. The first-order chi connectivity index (χ1) is 12.2. The highest BCUT2D eigenvalue weighted by atomic mass is 35.5. The largest absolute Gasteiger partial charge is 0.474 e. The molecule has 0 radical (unpaired) electrons. The fourth-order valence-corrected chi connectivity index (χ4v) is 4.31. The Morgan fingerprint density at radius 3 is 2.58 bits per heavy atom. The van der Waals surface area contributed by atoms with Crippen LogP contribution in [0.1, 0.15) is 26.7 Å². The second kappa shape index (κ2) is 8.96. The van der Waals surface area contributed by atoms with E-state index in [0.29, 0.717) is 23.9 Å². The van der Waals surface area contributed by atoms with Crippen molar-refractivity contribution < 1.29 is 23.2 Å². The maximum Gasteiger partial charge on any atom is 0.280 e. The summed E-state index contributed by atoms with van der Waals surface area (Å²) in [4.78, 5) is 15.7. The summed E-state index contributed by atoms with van der Waals surface area (Å²) < 4.78 is 34.4. The molecule has 0 saturated carbocycles. The van der Waals surface area contributed by atoms with Crippen molar-refractivity contribution >= 4 is 27.7 Å². The van der Waals surface area contributed by atoms with Crippen molar-refractivity contribution in [3.05, 3.63) is 23.4 Å². The van der Waals surface area contributed by atoms with Gasteiger partial charge in [0.2, 0.25) is 5.88 Å². The van der Waals surface area contributed by atoms with Gasteiger partial charge < -0.3 is 4.74 Å². The molecule has 1 aliphatic rings. The van der Waals surface area contributed by atoms with Crippen molar-refractivity contribution in [2.75, 3.05) is 13.1 Å². The summed E-state index contributed by atoms with van der Waals surface area (Å²) in [5.74, 6) is -0.725. The number of amides is 1. The Balaban J connectivity index is 1.94. The second-order valence-corrected chi connectivity index (χ2v) is 8.42. The van der Waals surface area contributed by atoms with Gasteiger partial charge in [0.15, 0.2) is 0 Å². The SMILES string of the molecule is CC(C)[C@@H](NS(=O)(=O)N1CCC(Oc2cccc(Cl)n2)CC1)C(=O)NO. The Bertz CT molecular complexity index is 723. The Hall–Kier alpha value is -1.46. The molecule has 26 heavy (non-hydrogen) atoms. The van der Waals surface area contributed by atoms with E-state index in [9.17, 15) is 13.2 Å². The molecule has 2 rings (SSSR count). The summed E-state index contributed by atoms with van der Waals surface area (Å²) in [5.41, 5.74) is 1.49. The predicted molar refractivity (Wildman–Crippen MR) is 95.1 cm³/mol. The zero-order chi connectivity index (χ0) is 19.3. The van der Waals surface area contributed by atoms with Crippen LogP contribution >= 0.6 is 11.6 Å². The Morgan fingerprint density at radius 1 is 1.38 bits per heavy atom. The molecule has 1 aromatic rings. The molecule has 1 saturated heterocycles. The van der Waals surface area contributed by atoms with Gasteiger partial charge in [-0.15, -0.1) is 0 Å². The van der Waals surface area contributed by atoms with Gasteiger partial charge in [-0.25, -0.2) is 10.5 Å². The molecule has 1 fully saturated rings. The van der Waals surface area contributed by atoms with Crippen molar-refractivity contribution in [1.29, 1.82) is 0 Å². The first-order valence-corrected chi connectivity index (χ1v) is 10.1. The average molecular weight is 407 g/mol. The van der Waals surface area contributed by atoms with Crippen LogP contribution in [0, 0.1) is 5.92 Å². The lowest BCUT2D eigenvalue weighted by atomic mass is 10.1. The highest BCUT2D eigenvalue weighted by Gasteiger charge is 2.33. The Labute approximate surface area is 157 Å². The standard InChI is InChI=1S/C15H23ClN4O5S/c1-10(2)14(15(21)18-22)19-26(23,24)20-8-6-11(7-9-20)25-13-5-3-4-12(16)17-13/h3-5,10-11,14,19,22H,6-9H2,1-2H3,(H,18,21)/t14-/m1/s1. The van der Waals surface area contributed by atoms with E-state index in [4.69, 9.17) is 21.5 Å². The molecule has 0 spiro atoms. The van der Waals surface area contributed by atoms with E-state index in [1.807, 2.05) is 0 Å². The van der Waals surface area contributed by atoms with E-state index >= 15 is 0 Å². The van der Waals surface area contributed by atoms with Crippen molar-refractivity contribution in [1.82, 2.24) is 19.5 Å². The summed E-state index contributed by atoms with van der Waals surface area (Å²) in [6.07, 6.45) is 0.787. The van der Waals surface area contributed by atoms with E-state index in [0.717, 1.165) is 0 Å². The van der Waals surface area contributed by atoms with Crippen LogP contribution in [-0.4, -0.2) is 54.1 Å². The summed E-state index contributed by atoms with van der Waals surface area (Å²) in [5, 5.41) is 9.10. The maximum atomic E-state index is 12.5. The zero-order valence-electron chi connectivity index (χ0n) is 14.6. The number of carbonyl (C=O) groups excluding carboxylic acids is 1. The Kier molecular flexibility index (Phi) is 7.18. The summed E-state index contributed by atoms with van der Waals surface area (Å²) in [6, 6.07) is 4.00. The van der Waals surface area contributed by atoms with Gasteiger partial charge in [0.25, 0.3) is 16.1 Å². The highest BCUT2D eigenvalue weighted by molar-refractivity contribution is 7.87. The van der Waals surface area contributed by atoms with Crippen molar-refractivity contribution in [3.8, 4) is 5.88 Å². The molecule has 0 unspecified atom stereocenters. The summed E-state index contributed by atoms with van der Waals surface area (Å²) in [6.45, 7) is 3.85. The van der Waals surface area contributed by atoms with Crippen molar-refractivity contribution in [2.45, 2.75) is 38.8 Å². The number of halogens is 1. The minimum Gasteiger partial charge on any atom is -0.474 e. The maximum absolute atomic E-state index is 12.5. The van der Waals surface area contributed by atoms with Crippen LogP contribution in [-0.2, 0) is 15.0 Å². The van der Waals surface area contributed by atoms with Crippen LogP contribution in [0.5, 0.6) is 5.88 Å². The third kappa shape index (κ3) is 5.52. The number of carbonyl (C=O) groups is 1. The number of nitrogens with zero attached hydrogens (tertiary/aromatic N) is 2. The van der Waals surface area contributed by atoms with E-state index in [2.05, 4.69) is 9.71 Å². The quantitative estimate of drug-likeness (QED) is 0.352. The average Bonchev–Trinajstić information content (AvgIpc) is 2.59. The molecule has 146 valence electrons. The Morgan fingerprint density at radius 2 is 2.04 bits per heavy atom. The molecular weight excluding hydrogens is 384 g/mol. The van der Waals surface area contributed by atoms with Crippen LogP contribution < -0.4 is 14.9 Å². The summed E-state index contributed by atoms with van der Waals surface area (Å²) >= 11 is 5.82. The van der Waals surface area contributed by atoms with Gasteiger partial charge in [-0.1, -0.05) is 31.5 Å². The third-order valence-electron chi connectivity index (χ3n) is 4.05. The smallest absolute Gasteiger partial charge is 0.280 e. The highest BCUT2D eigenvalue weighted by Crippen LogP contribution is 2.20. The predicted octanol–water partition coefficient (Wildman–Crippen LogP) is 0.943. The molecule has 0 bridgehead atoms. The van der Waals surface area contributed by atoms with Crippen LogP contribution in [0.15, 0.2) is 18.2 Å². The molecule has 1 aliphatic heterocycles. The van der Waals surface area contributed by atoms with Gasteiger partial charge in [0, 0.05) is 19.2 Å². The van der Waals surface area contributed by atoms with E-state index in [1.54, 1.807) is 32.0 Å². The van der Waals surface area contributed by atoms with Crippen LogP contribution in [0.4, 0.5) is 0 Å². The number of aromatic nitrogens is 1. The van der Waals surface area contributed by atoms with Crippen molar-refractivity contribution in [2.24, 2.45) is 5.92 Å². The lowest BCUT2D eigenvalue weighted by molar-refractivity contribution is -0.131. The zero-order valence-corrected chi connectivity index (χ0v) is 16.1. The second-order valence-electron chi connectivity index (χ2n) is 6.34. The third-order valence-corrected chi connectivity index (χ3v) is 5.86. The molecule has 3 N–H and O–H groups in total. The van der Waals surface area contributed by atoms with Gasteiger partial charge >= 0.3 is 0 Å². The fraction of sp³-hybridized carbons (Fsp3) is 0.600. The number of pyridine rings is 1. The molecule has 0 aromatic carbocycles. The minimum absolute atomic E-state index is 0.172. The van der Waals surface area contributed by atoms with E-state index in [-0.39, 0.29) is 25.1 Å². The number of rotatable bonds is 7. The molecule has 1 atom stereocenters. The lowest BCUT2D eigenvalue weighted by Crippen LogP contribution is -2.55. The topological polar surface area (TPSA) is 121 Å². The summed E-state index contributed by atoms with van der Waals surface area (Å²) in [7, 11) is -3.87. The fourth-order valence-electron chi connectivity index (χ4n) is 2.61. The normalized spacial score (nSPS) is 17.9. The lowest BCUT2D eigenvalue weighted by Gasteiger charge is -2.32. The molecule has 1 amide bonds. The number of hydroxylamine groups is 1. The number of hydrogen-bond donors (Lipinski definition) is 3. The van der Waals surface area contributed by atoms with Crippen LogP contribution in [0.3, 0.4) is 0 Å². The first-order valence-electron chi connectivity index (χ1n) is 8.23. The molecule has 2 heterocycles. The van der Waals surface area contributed by atoms with Gasteiger partial charge in [0.05, 0.1) is 0 Å². The van der Waals surface area contributed by atoms with Crippen LogP contribution in [0.2, 0.25) is 5.15 Å². The first kappa shape index (κ1) is 20.8. The van der Waals surface area contributed by atoms with Crippen LogP contribution in [0.25, 0.3) is 0 Å². The van der Waals surface area contributed by atoms with Gasteiger partial charge in [-0.3, -0.25) is 10.0 Å². The van der Waals surface area contributed by atoms with Gasteiger partial charge in [-0.05, 0) is 24.8 Å². The molecule has 9 nitrogen and oxygen atoms in total. The molecular formula is C15H23ClN4O5S. The number of ether oxygens (including phenoxy) is 1. The number of hydrogen-bond acceptors (Lipinski definition) is 6. The molecule has 0 aliphatic carbocycles. The van der Waals surface area contributed by atoms with E-state index < -0.39 is 22.2 Å². The monoisotopic (exact) mass is 406 g/mol. The number of piperidine rings is 1.